The van der Waals surface area contributed by atoms with Gasteiger partial charge in [0, 0.05) is 28.8 Å². The van der Waals surface area contributed by atoms with Crippen LogP contribution in [0.5, 0.6) is 0 Å². The molecule has 0 atom stereocenters. The summed E-state index contributed by atoms with van der Waals surface area (Å²) in [6.07, 6.45) is 0. The molecule has 0 saturated heterocycles. The monoisotopic (exact) mass is 431 g/mol. The van der Waals surface area contributed by atoms with Gasteiger partial charge in [-0.1, -0.05) is 24.3 Å². The minimum absolute atomic E-state index is 0.00457. The smallest absolute Gasteiger partial charge is 0.270 e. The predicted molar refractivity (Wildman–Crippen MR) is 117 cm³/mol. The summed E-state index contributed by atoms with van der Waals surface area (Å²) in [5.41, 5.74) is 5.88. The first kappa shape index (κ1) is 21.8. The number of amides is 3. The number of non-ortho nitro benzene ring substituents is 1. The normalized spacial score (nSPS) is 10.8. The van der Waals surface area contributed by atoms with Crippen molar-refractivity contribution in [2.75, 3.05) is 0 Å². The zero-order valence-corrected chi connectivity index (χ0v) is 16.5. The number of nitrogens with two attached hydrogens (primary N) is 1. The van der Waals surface area contributed by atoms with Gasteiger partial charge in [0.25, 0.3) is 17.5 Å². The largest absolute Gasteiger partial charge is 0.366 e. The molecule has 3 aromatic rings. The van der Waals surface area contributed by atoms with Gasteiger partial charge in [-0.15, -0.1) is 0 Å². The quantitative estimate of drug-likeness (QED) is 0.245. The first-order valence-electron chi connectivity index (χ1n) is 9.24. The Morgan fingerprint density at radius 2 is 1.38 bits per heavy atom. The van der Waals surface area contributed by atoms with Gasteiger partial charge in [-0.25, -0.2) is 4.99 Å². The van der Waals surface area contributed by atoms with Gasteiger partial charge in [0.05, 0.1) is 10.6 Å². The fourth-order valence-electron chi connectivity index (χ4n) is 2.63. The first-order valence-corrected chi connectivity index (χ1v) is 9.24. The van der Waals surface area contributed by atoms with E-state index in [4.69, 9.17) is 5.73 Å². The van der Waals surface area contributed by atoms with Crippen LogP contribution < -0.4 is 16.4 Å². The van der Waals surface area contributed by atoms with Crippen LogP contribution in [0.25, 0.3) is 0 Å². The highest BCUT2D eigenvalue weighted by atomic mass is 16.6. The topological polar surface area (TPSA) is 157 Å². The van der Waals surface area contributed by atoms with Gasteiger partial charge in [-0.3, -0.25) is 35.1 Å². The molecule has 0 fully saturated rings. The zero-order valence-electron chi connectivity index (χ0n) is 16.5. The summed E-state index contributed by atoms with van der Waals surface area (Å²) in [5.74, 6) is -2.06. The van der Waals surface area contributed by atoms with Crippen molar-refractivity contribution in [1.29, 1.82) is 0 Å². The summed E-state index contributed by atoms with van der Waals surface area (Å²) in [6.45, 7) is 0. The maximum Gasteiger partial charge on any atom is 0.270 e. The molecule has 3 aromatic carbocycles. The molecule has 10 heteroatoms. The number of nitro groups is 1. The van der Waals surface area contributed by atoms with Gasteiger partial charge >= 0.3 is 0 Å². The van der Waals surface area contributed by atoms with E-state index in [1.165, 1.54) is 42.5 Å². The maximum absolute atomic E-state index is 12.7. The van der Waals surface area contributed by atoms with Gasteiger partial charge in [0.15, 0.2) is 0 Å². The maximum atomic E-state index is 12.7. The number of hydrogen-bond acceptors (Lipinski definition) is 6. The molecular formula is C22H17N5O5. The highest BCUT2D eigenvalue weighted by molar-refractivity contribution is 6.13. The number of carbonyl (C=O) groups is 3. The van der Waals surface area contributed by atoms with Crippen molar-refractivity contribution in [3.63, 3.8) is 0 Å². The van der Waals surface area contributed by atoms with E-state index in [9.17, 15) is 24.5 Å². The summed E-state index contributed by atoms with van der Waals surface area (Å²) in [5, 5.41) is 15.9. The second-order valence-electron chi connectivity index (χ2n) is 6.45. The van der Waals surface area contributed by atoms with Crippen molar-refractivity contribution in [3.8, 4) is 0 Å². The number of benzene rings is 3. The summed E-state index contributed by atoms with van der Waals surface area (Å²) >= 11 is 0. The lowest BCUT2D eigenvalue weighted by molar-refractivity contribution is -0.384. The van der Waals surface area contributed by atoms with Gasteiger partial charge in [0.2, 0.25) is 11.9 Å². The Kier molecular flexibility index (Phi) is 6.66. The molecule has 10 nitrogen and oxygen atoms in total. The van der Waals surface area contributed by atoms with E-state index in [2.05, 4.69) is 15.6 Å². The molecular weight excluding hydrogens is 414 g/mol. The van der Waals surface area contributed by atoms with Crippen molar-refractivity contribution in [2.45, 2.75) is 0 Å². The third kappa shape index (κ3) is 5.60. The second-order valence-corrected chi connectivity index (χ2v) is 6.45. The predicted octanol–water partition coefficient (Wildman–Crippen LogP) is 2.54. The third-order valence-corrected chi connectivity index (χ3v) is 4.21. The minimum Gasteiger partial charge on any atom is -0.366 e. The number of nitro benzene ring substituents is 1. The highest BCUT2D eigenvalue weighted by Gasteiger charge is 2.16. The van der Waals surface area contributed by atoms with Crippen molar-refractivity contribution in [1.82, 2.24) is 10.6 Å². The van der Waals surface area contributed by atoms with Gasteiger partial charge in [-0.2, -0.15) is 0 Å². The van der Waals surface area contributed by atoms with Crippen LogP contribution in [0.4, 0.5) is 11.4 Å². The molecule has 3 amide bonds. The molecule has 0 bridgehead atoms. The number of aliphatic imine (C=N–C) groups is 1. The molecule has 0 heterocycles. The van der Waals surface area contributed by atoms with Gasteiger partial charge in [-0.05, 0) is 42.5 Å². The molecule has 0 unspecified atom stereocenters. The fourth-order valence-corrected chi connectivity index (χ4v) is 2.63. The number of rotatable bonds is 5. The third-order valence-electron chi connectivity index (χ3n) is 4.21. The Bertz CT molecular complexity index is 1210. The van der Waals surface area contributed by atoms with Crippen LogP contribution in [0.3, 0.4) is 0 Å². The molecule has 4 N–H and O–H groups in total. The molecule has 0 spiro atoms. The number of hydrogen-bond donors (Lipinski definition) is 3. The lowest BCUT2D eigenvalue weighted by Gasteiger charge is -2.11. The summed E-state index contributed by atoms with van der Waals surface area (Å²) in [4.78, 5) is 51.0. The Morgan fingerprint density at radius 3 is 1.97 bits per heavy atom. The Balaban J connectivity index is 1.89. The van der Waals surface area contributed by atoms with Gasteiger partial charge in [0.1, 0.15) is 0 Å². The summed E-state index contributed by atoms with van der Waals surface area (Å²) < 4.78 is 0. The fraction of sp³-hybridized carbons (Fsp3) is 0. The summed E-state index contributed by atoms with van der Waals surface area (Å²) in [6, 6.07) is 19.2. The standard InChI is InChI=1S/C22H17N5O5/c23-19(28)14-9-11-17(12-10-14)24-22(25-20(29)15-5-2-1-3-6-15)26-21(30)16-7-4-8-18(13-16)27(31)32/h1-13H,(H2,23,28)(H2,24,25,26,29,30). The van der Waals surface area contributed by atoms with E-state index in [0.717, 1.165) is 6.07 Å². The number of carbonyl (C=O) groups excluding carboxylic acids is 3. The van der Waals surface area contributed by atoms with Crippen molar-refractivity contribution < 1.29 is 19.3 Å². The van der Waals surface area contributed by atoms with Crippen molar-refractivity contribution in [3.05, 3.63) is 106 Å². The number of nitrogens with one attached hydrogen (secondary N) is 2. The van der Waals surface area contributed by atoms with Crippen LogP contribution in [0.1, 0.15) is 31.1 Å². The van der Waals surface area contributed by atoms with E-state index in [-0.39, 0.29) is 22.8 Å². The molecule has 0 aliphatic heterocycles. The molecule has 0 aliphatic rings. The molecule has 0 saturated carbocycles. The first-order chi connectivity index (χ1) is 15.3. The zero-order chi connectivity index (χ0) is 23.1. The SMILES string of the molecule is NC(=O)c1ccc(N=C(NC(=O)c2ccccc2)NC(=O)c2cccc([N+](=O)[O-])c2)cc1. The van der Waals surface area contributed by atoms with E-state index in [1.807, 2.05) is 0 Å². The number of guanidine groups is 1. The van der Waals surface area contributed by atoms with Crippen LogP contribution in [0.2, 0.25) is 0 Å². The molecule has 160 valence electrons. The lowest BCUT2D eigenvalue weighted by atomic mass is 10.2. The molecule has 3 rings (SSSR count). The van der Waals surface area contributed by atoms with Crippen LogP contribution in [0.15, 0.2) is 83.9 Å². The molecule has 0 aliphatic carbocycles. The number of primary amides is 1. The average Bonchev–Trinajstić information content (AvgIpc) is 2.80. The Morgan fingerprint density at radius 1 is 0.781 bits per heavy atom. The van der Waals surface area contributed by atoms with E-state index in [1.54, 1.807) is 30.3 Å². The van der Waals surface area contributed by atoms with Crippen LogP contribution in [-0.2, 0) is 0 Å². The molecule has 0 radical (unpaired) electrons. The lowest BCUT2D eigenvalue weighted by Crippen LogP contribution is -2.43. The van der Waals surface area contributed by atoms with Crippen LogP contribution in [-0.4, -0.2) is 28.6 Å². The summed E-state index contributed by atoms with van der Waals surface area (Å²) in [7, 11) is 0. The van der Waals surface area contributed by atoms with Crippen molar-refractivity contribution in [2.24, 2.45) is 10.7 Å². The highest BCUT2D eigenvalue weighted by Crippen LogP contribution is 2.15. The van der Waals surface area contributed by atoms with E-state index >= 15 is 0 Å². The minimum atomic E-state index is -0.713. The average molecular weight is 431 g/mol. The van der Waals surface area contributed by atoms with E-state index in [0.29, 0.717) is 11.3 Å². The van der Waals surface area contributed by atoms with Crippen LogP contribution >= 0.6 is 0 Å². The Labute approximate surface area is 181 Å². The van der Waals surface area contributed by atoms with Crippen LogP contribution in [0, 0.1) is 10.1 Å². The van der Waals surface area contributed by atoms with Crippen molar-refractivity contribution >= 4 is 35.1 Å². The second kappa shape index (κ2) is 9.76. The van der Waals surface area contributed by atoms with Gasteiger partial charge < -0.3 is 5.73 Å². The number of nitrogens with zero attached hydrogens (tertiary/aromatic N) is 2. The molecule has 0 aromatic heterocycles. The van der Waals surface area contributed by atoms with E-state index < -0.39 is 22.6 Å². The molecule has 32 heavy (non-hydrogen) atoms. The Hall–Kier alpha value is -4.86.